The van der Waals surface area contributed by atoms with Crippen LogP contribution in [0, 0.1) is 0 Å². The molecule has 0 saturated carbocycles. The molecule has 5 heteroatoms. The summed E-state index contributed by atoms with van der Waals surface area (Å²) < 4.78 is 5.68. The normalized spacial score (nSPS) is 11.8. The smallest absolute Gasteiger partial charge is 0.138 e. The number of nitrogens with two attached hydrogens (primary N) is 1. The molecule has 3 aromatic rings. The summed E-state index contributed by atoms with van der Waals surface area (Å²) in [5.74, 6) is 0.641. The van der Waals surface area contributed by atoms with Crippen LogP contribution in [0.25, 0.3) is 22.2 Å². The highest BCUT2D eigenvalue weighted by molar-refractivity contribution is 6.32. The molecular formula is C17H18ClN3O. The summed E-state index contributed by atoms with van der Waals surface area (Å²) >= 11 is 6.33. The third-order valence-corrected chi connectivity index (χ3v) is 3.59. The van der Waals surface area contributed by atoms with Crippen LogP contribution in [0.15, 0.2) is 42.7 Å². The molecule has 114 valence electrons. The Bertz CT molecular complexity index is 805. The van der Waals surface area contributed by atoms with Gasteiger partial charge in [-0.3, -0.25) is 0 Å². The molecule has 0 unspecified atom stereocenters. The number of pyridine rings is 1. The van der Waals surface area contributed by atoms with Crippen molar-refractivity contribution in [1.29, 1.82) is 0 Å². The summed E-state index contributed by atoms with van der Waals surface area (Å²) in [5, 5.41) is 1.63. The molecule has 2 aromatic heterocycles. The highest BCUT2D eigenvalue weighted by Gasteiger charge is 2.14. The predicted octanol–water partition coefficient (Wildman–Crippen LogP) is 4.00. The zero-order valence-electron chi connectivity index (χ0n) is 12.6. The van der Waals surface area contributed by atoms with Crippen LogP contribution in [0.3, 0.4) is 0 Å². The van der Waals surface area contributed by atoms with Crippen molar-refractivity contribution in [2.45, 2.75) is 19.4 Å². The fraction of sp³-hybridized carbons (Fsp3) is 0.235. The van der Waals surface area contributed by atoms with Crippen molar-refractivity contribution in [3.05, 3.63) is 47.7 Å². The summed E-state index contributed by atoms with van der Waals surface area (Å²) in [4.78, 5) is 7.46. The van der Waals surface area contributed by atoms with Crippen LogP contribution in [0.2, 0.25) is 5.02 Å². The summed E-state index contributed by atoms with van der Waals surface area (Å²) in [6.07, 6.45) is 3.70. The molecule has 3 rings (SSSR count). The number of aromatic nitrogens is 2. The Balaban J connectivity index is 1.92. The summed E-state index contributed by atoms with van der Waals surface area (Å²) in [6.45, 7) is 4.23. The van der Waals surface area contributed by atoms with Crippen LogP contribution in [-0.4, -0.2) is 22.1 Å². The first-order valence-corrected chi connectivity index (χ1v) is 7.45. The molecule has 22 heavy (non-hydrogen) atoms. The third kappa shape index (κ3) is 3.08. The second-order valence-corrected chi connectivity index (χ2v) is 6.43. The predicted molar refractivity (Wildman–Crippen MR) is 90.3 cm³/mol. The van der Waals surface area contributed by atoms with Gasteiger partial charge in [0.25, 0.3) is 0 Å². The SMILES string of the molecule is CC(C)(N)COc1ccc(-c2c[nH]c3ncccc23)cc1Cl. The Labute approximate surface area is 134 Å². The first-order chi connectivity index (χ1) is 10.4. The molecule has 3 N–H and O–H groups in total. The van der Waals surface area contributed by atoms with Crippen molar-refractivity contribution in [2.24, 2.45) is 5.73 Å². The first-order valence-electron chi connectivity index (χ1n) is 7.08. The van der Waals surface area contributed by atoms with Gasteiger partial charge in [-0.05, 0) is 43.7 Å². The molecule has 0 aliphatic rings. The van der Waals surface area contributed by atoms with E-state index in [9.17, 15) is 0 Å². The van der Waals surface area contributed by atoms with Gasteiger partial charge in [0.05, 0.1) is 5.02 Å². The molecule has 0 aliphatic heterocycles. The van der Waals surface area contributed by atoms with Gasteiger partial charge in [0.15, 0.2) is 0 Å². The summed E-state index contributed by atoms with van der Waals surface area (Å²) in [6, 6.07) is 9.71. The Morgan fingerprint density at radius 2 is 2.14 bits per heavy atom. The minimum absolute atomic E-state index is 0.398. The number of nitrogens with zero attached hydrogens (tertiary/aromatic N) is 1. The van der Waals surface area contributed by atoms with Crippen molar-refractivity contribution in [1.82, 2.24) is 9.97 Å². The number of hydrogen-bond donors (Lipinski definition) is 2. The van der Waals surface area contributed by atoms with Gasteiger partial charge in [-0.25, -0.2) is 4.98 Å². The van der Waals surface area contributed by atoms with Gasteiger partial charge in [-0.1, -0.05) is 17.7 Å². The van der Waals surface area contributed by atoms with E-state index >= 15 is 0 Å². The average molecular weight is 316 g/mol. The Morgan fingerprint density at radius 3 is 2.86 bits per heavy atom. The number of halogens is 1. The van der Waals surface area contributed by atoms with Gasteiger partial charge in [0, 0.05) is 28.9 Å². The van der Waals surface area contributed by atoms with E-state index < -0.39 is 5.54 Å². The maximum absolute atomic E-state index is 6.33. The van der Waals surface area contributed by atoms with E-state index in [2.05, 4.69) is 9.97 Å². The zero-order chi connectivity index (χ0) is 15.7. The molecule has 0 aliphatic carbocycles. The largest absolute Gasteiger partial charge is 0.490 e. The fourth-order valence-corrected chi connectivity index (χ4v) is 2.48. The Kier molecular flexibility index (Phi) is 3.81. The van der Waals surface area contributed by atoms with E-state index in [1.54, 1.807) is 6.20 Å². The molecule has 2 heterocycles. The minimum atomic E-state index is -0.398. The lowest BCUT2D eigenvalue weighted by atomic mass is 10.1. The van der Waals surface area contributed by atoms with E-state index in [-0.39, 0.29) is 0 Å². The number of hydrogen-bond acceptors (Lipinski definition) is 3. The van der Waals surface area contributed by atoms with Crippen LogP contribution >= 0.6 is 11.6 Å². The van der Waals surface area contributed by atoms with Crippen LogP contribution in [0.4, 0.5) is 0 Å². The molecule has 0 atom stereocenters. The fourth-order valence-electron chi connectivity index (χ4n) is 2.24. The minimum Gasteiger partial charge on any atom is -0.490 e. The molecule has 0 radical (unpaired) electrons. The van der Waals surface area contributed by atoms with E-state index in [4.69, 9.17) is 22.1 Å². The van der Waals surface area contributed by atoms with Gasteiger partial charge in [-0.15, -0.1) is 0 Å². The lowest BCUT2D eigenvalue weighted by Gasteiger charge is -2.19. The highest BCUT2D eigenvalue weighted by Crippen LogP contribution is 2.33. The quantitative estimate of drug-likeness (QED) is 0.765. The standard InChI is InChI=1S/C17H18ClN3O/c1-17(2,19)10-22-15-6-5-11(8-14(15)18)13-9-21-16-12(13)4-3-7-20-16/h3-9H,10,19H2,1-2H3,(H,20,21). The number of nitrogens with one attached hydrogen (secondary N) is 1. The molecular weight excluding hydrogens is 298 g/mol. The maximum atomic E-state index is 6.33. The molecule has 0 spiro atoms. The second-order valence-electron chi connectivity index (χ2n) is 6.02. The van der Waals surface area contributed by atoms with Crippen molar-refractivity contribution in [3.8, 4) is 16.9 Å². The van der Waals surface area contributed by atoms with Crippen LogP contribution in [-0.2, 0) is 0 Å². The number of fused-ring (bicyclic) bond motifs is 1. The zero-order valence-corrected chi connectivity index (χ0v) is 13.3. The third-order valence-electron chi connectivity index (χ3n) is 3.29. The van der Waals surface area contributed by atoms with E-state index in [0.717, 1.165) is 22.2 Å². The second kappa shape index (κ2) is 5.63. The lowest BCUT2D eigenvalue weighted by Crippen LogP contribution is -2.38. The van der Waals surface area contributed by atoms with Crippen molar-refractivity contribution < 1.29 is 4.74 Å². The maximum Gasteiger partial charge on any atom is 0.138 e. The molecule has 4 nitrogen and oxygen atoms in total. The van der Waals surface area contributed by atoms with Gasteiger partial charge < -0.3 is 15.5 Å². The van der Waals surface area contributed by atoms with E-state index in [0.29, 0.717) is 17.4 Å². The molecule has 0 amide bonds. The Hall–Kier alpha value is -2.04. The average Bonchev–Trinajstić information content (AvgIpc) is 2.89. The number of rotatable bonds is 4. The lowest BCUT2D eigenvalue weighted by molar-refractivity contribution is 0.243. The van der Waals surface area contributed by atoms with Crippen molar-refractivity contribution >= 4 is 22.6 Å². The highest BCUT2D eigenvalue weighted by atomic mass is 35.5. The van der Waals surface area contributed by atoms with Crippen molar-refractivity contribution in [2.75, 3.05) is 6.61 Å². The molecule has 0 saturated heterocycles. The topological polar surface area (TPSA) is 63.9 Å². The van der Waals surface area contributed by atoms with Crippen molar-refractivity contribution in [3.63, 3.8) is 0 Å². The molecule has 0 bridgehead atoms. The van der Waals surface area contributed by atoms with E-state index in [1.165, 1.54) is 0 Å². The summed E-state index contributed by atoms with van der Waals surface area (Å²) in [5.41, 5.74) is 8.47. The van der Waals surface area contributed by atoms with E-state index in [1.807, 2.05) is 50.4 Å². The van der Waals surface area contributed by atoms with Crippen LogP contribution < -0.4 is 10.5 Å². The first kappa shape index (κ1) is 14.9. The number of aromatic amines is 1. The van der Waals surface area contributed by atoms with Gasteiger partial charge in [0.1, 0.15) is 18.0 Å². The van der Waals surface area contributed by atoms with Gasteiger partial charge in [0.2, 0.25) is 0 Å². The van der Waals surface area contributed by atoms with Crippen LogP contribution in [0.5, 0.6) is 5.75 Å². The van der Waals surface area contributed by atoms with Gasteiger partial charge >= 0.3 is 0 Å². The van der Waals surface area contributed by atoms with Gasteiger partial charge in [-0.2, -0.15) is 0 Å². The Morgan fingerprint density at radius 1 is 1.32 bits per heavy atom. The summed E-state index contributed by atoms with van der Waals surface area (Å²) in [7, 11) is 0. The number of benzene rings is 1. The number of ether oxygens (including phenoxy) is 1. The van der Waals surface area contributed by atoms with Crippen LogP contribution in [0.1, 0.15) is 13.8 Å². The molecule has 0 fully saturated rings. The molecule has 1 aromatic carbocycles. The number of H-pyrrole nitrogens is 1. The monoisotopic (exact) mass is 315 g/mol.